The minimum atomic E-state index is 0.180. The van der Waals surface area contributed by atoms with Gasteiger partial charge in [0.2, 0.25) is 0 Å². The fourth-order valence-corrected chi connectivity index (χ4v) is 3.30. The van der Waals surface area contributed by atoms with E-state index in [4.69, 9.17) is 5.11 Å². The fraction of sp³-hybridized carbons (Fsp3) is 0.867. The maximum atomic E-state index is 8.85. The largest absolute Gasteiger partial charge is 0.392 e. The monoisotopic (exact) mass is 224 g/mol. The number of rotatable bonds is 4. The molecule has 0 amide bonds. The van der Waals surface area contributed by atoms with Crippen molar-refractivity contribution < 1.29 is 5.11 Å². The van der Waals surface area contributed by atoms with Gasteiger partial charge in [-0.2, -0.15) is 0 Å². The number of allylic oxidation sites excluding steroid dienone is 1. The highest BCUT2D eigenvalue weighted by molar-refractivity contribution is 4.94. The molecule has 0 aromatic rings. The van der Waals surface area contributed by atoms with Crippen LogP contribution < -0.4 is 0 Å². The van der Waals surface area contributed by atoms with Crippen molar-refractivity contribution in [2.45, 2.75) is 47.0 Å². The summed E-state index contributed by atoms with van der Waals surface area (Å²) in [7, 11) is 0. The predicted octanol–water partition coefficient (Wildman–Crippen LogP) is 3.88. The molecule has 0 saturated heterocycles. The van der Waals surface area contributed by atoms with Gasteiger partial charge in [0, 0.05) is 0 Å². The zero-order chi connectivity index (χ0) is 12.1. The van der Waals surface area contributed by atoms with Gasteiger partial charge in [0.1, 0.15) is 0 Å². The Labute approximate surface area is 101 Å². The minimum absolute atomic E-state index is 0.180. The third-order valence-corrected chi connectivity index (χ3v) is 4.29. The molecule has 1 rings (SSSR count). The van der Waals surface area contributed by atoms with Gasteiger partial charge in [0.25, 0.3) is 0 Å². The van der Waals surface area contributed by atoms with Crippen molar-refractivity contribution in [3.05, 3.63) is 12.2 Å². The molecule has 0 bridgehead atoms. The smallest absolute Gasteiger partial charge is 0.0612 e. The first kappa shape index (κ1) is 13.8. The Kier molecular flexibility index (Phi) is 5.54. The van der Waals surface area contributed by atoms with E-state index in [2.05, 4.69) is 33.8 Å². The lowest BCUT2D eigenvalue weighted by Gasteiger charge is -2.40. The Hall–Kier alpha value is -0.300. The maximum absolute atomic E-state index is 8.85. The second-order valence-electron chi connectivity index (χ2n) is 5.96. The van der Waals surface area contributed by atoms with E-state index in [9.17, 15) is 0 Å². The molecule has 0 aromatic heterocycles. The van der Waals surface area contributed by atoms with E-state index in [0.717, 1.165) is 23.7 Å². The molecule has 1 N–H and O–H groups in total. The maximum Gasteiger partial charge on any atom is 0.0612 e. The third kappa shape index (κ3) is 3.62. The minimum Gasteiger partial charge on any atom is -0.392 e. The van der Waals surface area contributed by atoms with Gasteiger partial charge < -0.3 is 5.11 Å². The molecule has 0 heterocycles. The molecular formula is C15H28O. The predicted molar refractivity (Wildman–Crippen MR) is 70.2 cm³/mol. The van der Waals surface area contributed by atoms with Crippen molar-refractivity contribution in [3.8, 4) is 0 Å². The molecule has 1 nitrogen and oxygen atoms in total. The van der Waals surface area contributed by atoms with Crippen LogP contribution in [-0.4, -0.2) is 11.7 Å². The highest BCUT2D eigenvalue weighted by Gasteiger charge is 2.32. The van der Waals surface area contributed by atoms with Crippen molar-refractivity contribution in [1.82, 2.24) is 0 Å². The molecule has 0 spiro atoms. The molecule has 0 aromatic carbocycles. The molecule has 1 fully saturated rings. The summed E-state index contributed by atoms with van der Waals surface area (Å²) in [5, 5.41) is 8.85. The molecule has 94 valence electrons. The van der Waals surface area contributed by atoms with Crippen molar-refractivity contribution in [2.75, 3.05) is 6.61 Å². The second-order valence-corrected chi connectivity index (χ2v) is 5.96. The van der Waals surface area contributed by atoms with Gasteiger partial charge in [-0.25, -0.2) is 0 Å². The number of hydrogen-bond acceptors (Lipinski definition) is 1. The molecule has 0 aliphatic heterocycles. The summed E-state index contributed by atoms with van der Waals surface area (Å²) < 4.78 is 0. The summed E-state index contributed by atoms with van der Waals surface area (Å²) in [4.78, 5) is 0. The molecule has 1 saturated carbocycles. The van der Waals surface area contributed by atoms with Crippen molar-refractivity contribution >= 4 is 0 Å². The van der Waals surface area contributed by atoms with E-state index in [1.54, 1.807) is 0 Å². The lowest BCUT2D eigenvalue weighted by Crippen LogP contribution is -2.31. The Balaban J connectivity index is 2.66. The SMILES string of the molecule is CC1CCC(C(C)C)C(C(C)/C=C/CO)C1. The third-order valence-electron chi connectivity index (χ3n) is 4.29. The van der Waals surface area contributed by atoms with E-state index in [-0.39, 0.29) is 6.61 Å². The van der Waals surface area contributed by atoms with Crippen molar-refractivity contribution in [3.63, 3.8) is 0 Å². The Bertz CT molecular complexity index is 219. The van der Waals surface area contributed by atoms with Crippen LogP contribution in [0.4, 0.5) is 0 Å². The van der Waals surface area contributed by atoms with Gasteiger partial charge in [0.05, 0.1) is 6.61 Å². The van der Waals surface area contributed by atoms with E-state index in [0.29, 0.717) is 5.92 Å². The molecule has 1 aliphatic rings. The van der Waals surface area contributed by atoms with Gasteiger partial charge in [-0.15, -0.1) is 0 Å². The lowest BCUT2D eigenvalue weighted by atomic mass is 9.66. The number of aliphatic hydroxyl groups is 1. The summed E-state index contributed by atoms with van der Waals surface area (Å²) >= 11 is 0. The highest BCUT2D eigenvalue weighted by Crippen LogP contribution is 2.42. The zero-order valence-electron chi connectivity index (χ0n) is 11.3. The molecule has 16 heavy (non-hydrogen) atoms. The molecule has 4 atom stereocenters. The van der Waals surface area contributed by atoms with Gasteiger partial charge in [0.15, 0.2) is 0 Å². The lowest BCUT2D eigenvalue weighted by molar-refractivity contribution is 0.115. The van der Waals surface area contributed by atoms with Gasteiger partial charge in [-0.1, -0.05) is 46.3 Å². The van der Waals surface area contributed by atoms with Crippen LogP contribution in [0.15, 0.2) is 12.2 Å². The molecule has 1 heteroatoms. The first-order chi connectivity index (χ1) is 7.56. The van der Waals surface area contributed by atoms with Crippen LogP contribution in [-0.2, 0) is 0 Å². The zero-order valence-corrected chi connectivity index (χ0v) is 11.3. The van der Waals surface area contributed by atoms with Crippen LogP contribution in [0.3, 0.4) is 0 Å². The van der Waals surface area contributed by atoms with Crippen LogP contribution in [0.2, 0.25) is 0 Å². The molecule has 0 radical (unpaired) electrons. The summed E-state index contributed by atoms with van der Waals surface area (Å²) in [6.07, 6.45) is 8.26. The van der Waals surface area contributed by atoms with Crippen LogP contribution in [0.1, 0.15) is 47.0 Å². The van der Waals surface area contributed by atoms with Gasteiger partial charge >= 0.3 is 0 Å². The van der Waals surface area contributed by atoms with Crippen molar-refractivity contribution in [2.24, 2.45) is 29.6 Å². The highest BCUT2D eigenvalue weighted by atomic mass is 16.2. The first-order valence-corrected chi connectivity index (χ1v) is 6.83. The van der Waals surface area contributed by atoms with E-state index >= 15 is 0 Å². The van der Waals surface area contributed by atoms with Crippen LogP contribution >= 0.6 is 0 Å². The quantitative estimate of drug-likeness (QED) is 0.719. The van der Waals surface area contributed by atoms with Crippen LogP contribution in [0.25, 0.3) is 0 Å². The topological polar surface area (TPSA) is 20.2 Å². The standard InChI is InChI=1S/C15H28O/c1-11(2)14-8-7-12(3)10-15(14)13(4)6-5-9-16/h5-6,11-16H,7-10H2,1-4H3/b6-5+. The number of aliphatic hydroxyl groups excluding tert-OH is 1. The Morgan fingerprint density at radius 3 is 2.44 bits per heavy atom. The molecule has 1 aliphatic carbocycles. The van der Waals surface area contributed by atoms with Crippen LogP contribution in [0, 0.1) is 29.6 Å². The average Bonchev–Trinajstić information content (AvgIpc) is 2.25. The summed E-state index contributed by atoms with van der Waals surface area (Å²) in [6, 6.07) is 0. The van der Waals surface area contributed by atoms with Crippen molar-refractivity contribution in [1.29, 1.82) is 0 Å². The van der Waals surface area contributed by atoms with E-state index in [1.165, 1.54) is 19.3 Å². The second kappa shape index (κ2) is 6.44. The average molecular weight is 224 g/mol. The van der Waals surface area contributed by atoms with Crippen LogP contribution in [0.5, 0.6) is 0 Å². The fourth-order valence-electron chi connectivity index (χ4n) is 3.30. The van der Waals surface area contributed by atoms with Gasteiger partial charge in [-0.3, -0.25) is 0 Å². The Morgan fingerprint density at radius 1 is 1.19 bits per heavy atom. The summed E-state index contributed by atoms with van der Waals surface area (Å²) in [6.45, 7) is 9.58. The summed E-state index contributed by atoms with van der Waals surface area (Å²) in [5.74, 6) is 3.97. The Morgan fingerprint density at radius 2 is 1.88 bits per heavy atom. The number of hydrogen-bond donors (Lipinski definition) is 1. The molecular weight excluding hydrogens is 196 g/mol. The normalized spacial score (nSPS) is 33.5. The molecule has 4 unspecified atom stereocenters. The summed E-state index contributed by atoms with van der Waals surface area (Å²) in [5.41, 5.74) is 0. The van der Waals surface area contributed by atoms with E-state index in [1.807, 2.05) is 6.08 Å². The van der Waals surface area contributed by atoms with Gasteiger partial charge in [-0.05, 0) is 42.4 Å². The first-order valence-electron chi connectivity index (χ1n) is 6.83. The van der Waals surface area contributed by atoms with E-state index < -0.39 is 0 Å².